The Balaban J connectivity index is 1.18. The second kappa shape index (κ2) is 14.1. The van der Waals surface area contributed by atoms with E-state index in [2.05, 4.69) is 240 Å². The maximum atomic E-state index is 2.48. The molecule has 0 saturated heterocycles. The minimum atomic E-state index is 1.08. The molecule has 11 aromatic rings. The van der Waals surface area contributed by atoms with E-state index in [1.165, 1.54) is 71.2 Å². The van der Waals surface area contributed by atoms with Crippen molar-refractivity contribution in [3.63, 3.8) is 0 Å². The van der Waals surface area contributed by atoms with Crippen LogP contribution in [0.4, 0.5) is 17.1 Å². The normalized spacial score (nSPS) is 11.4. The van der Waals surface area contributed by atoms with Crippen molar-refractivity contribution in [3.8, 4) is 39.1 Å². The van der Waals surface area contributed by atoms with E-state index >= 15 is 0 Å². The van der Waals surface area contributed by atoms with E-state index in [1.54, 1.807) is 0 Å². The van der Waals surface area contributed by atoms with Gasteiger partial charge in [-0.3, -0.25) is 0 Å². The Morgan fingerprint density at radius 3 is 1.59 bits per heavy atom. The molecule has 0 fully saturated rings. The van der Waals surface area contributed by atoms with Gasteiger partial charge in [-0.2, -0.15) is 0 Å². The van der Waals surface area contributed by atoms with E-state index < -0.39 is 0 Å². The number of nitrogens with zero attached hydrogens (tertiary/aromatic N) is 2. The molecule has 2 nitrogen and oxygen atoms in total. The highest BCUT2D eigenvalue weighted by atomic mass is 15.1. The van der Waals surface area contributed by atoms with Gasteiger partial charge in [0.2, 0.25) is 0 Å². The molecule has 1 aromatic heterocycles. The largest absolute Gasteiger partial charge is 0.310 e. The molecule has 0 amide bonds. The molecule has 272 valence electrons. The Bertz CT molecular complexity index is 3270. The van der Waals surface area contributed by atoms with Gasteiger partial charge in [0, 0.05) is 38.9 Å². The highest BCUT2D eigenvalue weighted by Gasteiger charge is 2.20. The Kier molecular flexibility index (Phi) is 8.19. The summed E-state index contributed by atoms with van der Waals surface area (Å²) in [5.41, 5.74) is 13.9. The van der Waals surface area contributed by atoms with Crippen molar-refractivity contribution in [2.24, 2.45) is 0 Å². The summed E-state index contributed by atoms with van der Waals surface area (Å²) in [6.45, 7) is 0. The van der Waals surface area contributed by atoms with Crippen LogP contribution in [-0.2, 0) is 0 Å². The highest BCUT2D eigenvalue weighted by molar-refractivity contribution is 6.18. The van der Waals surface area contributed by atoms with Crippen LogP contribution in [0, 0.1) is 0 Å². The van der Waals surface area contributed by atoms with Crippen LogP contribution in [0.25, 0.3) is 82.4 Å². The van der Waals surface area contributed by atoms with Gasteiger partial charge in [-0.05, 0) is 104 Å². The van der Waals surface area contributed by atoms with Crippen LogP contribution in [-0.4, -0.2) is 4.57 Å². The number of anilines is 3. The van der Waals surface area contributed by atoms with Crippen LogP contribution in [0.5, 0.6) is 0 Å². The lowest BCUT2D eigenvalue weighted by atomic mass is 9.99. The molecule has 0 aliphatic heterocycles. The molecule has 1 heterocycles. The molecule has 2 heteroatoms. The van der Waals surface area contributed by atoms with Crippen LogP contribution in [0.2, 0.25) is 0 Å². The molecule has 0 aliphatic carbocycles. The fourth-order valence-electron chi connectivity index (χ4n) is 8.73. The van der Waals surface area contributed by atoms with E-state index in [9.17, 15) is 0 Å². The lowest BCUT2D eigenvalue weighted by molar-refractivity contribution is 1.18. The number of hydrogen-bond donors (Lipinski definition) is 0. The molecule has 0 atom stereocenters. The summed E-state index contributed by atoms with van der Waals surface area (Å²) in [5, 5.41) is 7.35. The van der Waals surface area contributed by atoms with E-state index in [0.717, 1.165) is 28.3 Å². The van der Waals surface area contributed by atoms with Crippen LogP contribution < -0.4 is 4.90 Å². The fraction of sp³-hybridized carbons (Fsp3) is 0. The molecule has 0 spiro atoms. The first kappa shape index (κ1) is 33.6. The molecule has 58 heavy (non-hydrogen) atoms. The van der Waals surface area contributed by atoms with Crippen molar-refractivity contribution in [2.45, 2.75) is 0 Å². The van der Waals surface area contributed by atoms with E-state index in [-0.39, 0.29) is 0 Å². The van der Waals surface area contributed by atoms with Crippen molar-refractivity contribution in [1.29, 1.82) is 0 Å². The molecule has 0 bridgehead atoms. The smallest absolute Gasteiger partial charge is 0.0619 e. The Labute approximate surface area is 338 Å². The summed E-state index contributed by atoms with van der Waals surface area (Å²) in [4.78, 5) is 2.43. The zero-order valence-electron chi connectivity index (χ0n) is 31.8. The second-order valence-corrected chi connectivity index (χ2v) is 15.0. The Morgan fingerprint density at radius 1 is 0.276 bits per heavy atom. The van der Waals surface area contributed by atoms with Crippen molar-refractivity contribution in [1.82, 2.24) is 4.57 Å². The third-order valence-electron chi connectivity index (χ3n) is 11.5. The van der Waals surface area contributed by atoms with E-state index in [4.69, 9.17) is 0 Å². The quantitative estimate of drug-likeness (QED) is 0.158. The molecule has 0 aliphatic rings. The minimum absolute atomic E-state index is 1.08. The molecule has 10 aromatic carbocycles. The van der Waals surface area contributed by atoms with Gasteiger partial charge in [0.15, 0.2) is 0 Å². The minimum Gasteiger partial charge on any atom is -0.310 e. The van der Waals surface area contributed by atoms with E-state index in [0.29, 0.717) is 0 Å². The first-order valence-electron chi connectivity index (χ1n) is 19.9. The van der Waals surface area contributed by atoms with Crippen LogP contribution >= 0.6 is 0 Å². The third-order valence-corrected chi connectivity index (χ3v) is 11.5. The number of hydrogen-bond acceptors (Lipinski definition) is 1. The van der Waals surface area contributed by atoms with Gasteiger partial charge in [0.1, 0.15) is 0 Å². The molecule has 11 rings (SSSR count). The van der Waals surface area contributed by atoms with Crippen molar-refractivity contribution < 1.29 is 0 Å². The first-order valence-corrected chi connectivity index (χ1v) is 19.9. The van der Waals surface area contributed by atoms with Gasteiger partial charge in [0.05, 0.1) is 11.0 Å². The number of rotatable bonds is 7. The summed E-state index contributed by atoms with van der Waals surface area (Å²) in [5.74, 6) is 0. The van der Waals surface area contributed by atoms with E-state index in [1.807, 2.05) is 0 Å². The number of benzene rings is 10. The number of fused-ring (bicyclic) bond motifs is 6. The monoisotopic (exact) mass is 738 g/mol. The molecule has 0 saturated carbocycles. The standard InChI is InChI=1S/C56H38N2/c1-4-15-39(16-5-1)43-22-14-23-48(34-43)57(49-31-29-45-33-44(27-28-46(45)35-49)40-17-6-2-7-18-40)50-36-47(41-19-8-3-9-20-41)37-51(38-50)58-55-26-13-12-25-53(55)54-32-30-42-21-10-11-24-52(42)56(54)58/h1-38H. The molecule has 0 unspecified atom stereocenters. The maximum absolute atomic E-state index is 2.48. The predicted octanol–water partition coefficient (Wildman–Crippen LogP) is 15.6. The van der Waals surface area contributed by atoms with Gasteiger partial charge in [-0.25, -0.2) is 0 Å². The van der Waals surface area contributed by atoms with Crippen molar-refractivity contribution >= 4 is 60.4 Å². The van der Waals surface area contributed by atoms with Gasteiger partial charge in [-0.15, -0.1) is 0 Å². The highest BCUT2D eigenvalue weighted by Crippen LogP contribution is 2.43. The third kappa shape index (κ3) is 5.91. The van der Waals surface area contributed by atoms with Crippen LogP contribution in [0.15, 0.2) is 231 Å². The predicted molar refractivity (Wildman–Crippen MR) is 247 cm³/mol. The second-order valence-electron chi connectivity index (χ2n) is 15.0. The summed E-state index contributed by atoms with van der Waals surface area (Å²) >= 11 is 0. The zero-order chi connectivity index (χ0) is 38.4. The SMILES string of the molecule is c1ccc(-c2cccc(N(c3cc(-c4ccccc4)cc(-n4c5ccccc5c5ccc6ccccc6c54)c3)c3ccc4cc(-c5ccccc5)ccc4c3)c2)cc1. The van der Waals surface area contributed by atoms with Gasteiger partial charge in [-0.1, -0.05) is 176 Å². The number of aromatic nitrogens is 1. The van der Waals surface area contributed by atoms with Crippen LogP contribution in [0.1, 0.15) is 0 Å². The molecular weight excluding hydrogens is 701 g/mol. The van der Waals surface area contributed by atoms with Gasteiger partial charge in [0.25, 0.3) is 0 Å². The zero-order valence-corrected chi connectivity index (χ0v) is 31.8. The van der Waals surface area contributed by atoms with Crippen molar-refractivity contribution in [2.75, 3.05) is 4.90 Å². The van der Waals surface area contributed by atoms with Gasteiger partial charge >= 0.3 is 0 Å². The van der Waals surface area contributed by atoms with Gasteiger partial charge < -0.3 is 9.47 Å². The average molecular weight is 739 g/mol. The van der Waals surface area contributed by atoms with Crippen LogP contribution in [0.3, 0.4) is 0 Å². The molecular formula is C56H38N2. The lowest BCUT2D eigenvalue weighted by Crippen LogP contribution is -2.11. The topological polar surface area (TPSA) is 8.17 Å². The summed E-state index contributed by atoms with van der Waals surface area (Å²) in [6, 6.07) is 83.9. The molecule has 0 N–H and O–H groups in total. The Hall–Kier alpha value is -7.68. The lowest BCUT2D eigenvalue weighted by Gasteiger charge is -2.28. The fourth-order valence-corrected chi connectivity index (χ4v) is 8.73. The Morgan fingerprint density at radius 2 is 0.828 bits per heavy atom. The summed E-state index contributed by atoms with van der Waals surface area (Å²) in [6.07, 6.45) is 0. The summed E-state index contributed by atoms with van der Waals surface area (Å²) in [7, 11) is 0. The van der Waals surface area contributed by atoms with Crippen molar-refractivity contribution in [3.05, 3.63) is 231 Å². The number of para-hydroxylation sites is 1. The molecule has 0 radical (unpaired) electrons. The average Bonchev–Trinajstić information content (AvgIpc) is 3.65. The summed E-state index contributed by atoms with van der Waals surface area (Å²) < 4.78 is 2.48. The maximum Gasteiger partial charge on any atom is 0.0619 e. The first-order chi connectivity index (χ1) is 28.7.